The van der Waals surface area contributed by atoms with E-state index in [1.807, 2.05) is 27.7 Å². The lowest BCUT2D eigenvalue weighted by molar-refractivity contribution is -0.142. The number of aromatic nitrogens is 2. The van der Waals surface area contributed by atoms with Crippen molar-refractivity contribution in [1.29, 1.82) is 0 Å². The fourth-order valence-electron chi connectivity index (χ4n) is 2.65. The molecule has 1 aliphatic heterocycles. The number of rotatable bonds is 2. The lowest BCUT2D eigenvalue weighted by Gasteiger charge is -2.15. The van der Waals surface area contributed by atoms with Gasteiger partial charge in [-0.15, -0.1) is 0 Å². The van der Waals surface area contributed by atoms with E-state index >= 15 is 0 Å². The van der Waals surface area contributed by atoms with E-state index in [2.05, 4.69) is 5.10 Å². The Hall–Kier alpha value is -1.85. The van der Waals surface area contributed by atoms with Gasteiger partial charge >= 0.3 is 5.97 Å². The number of carbonyl (C=O) groups excluding carboxylic acids is 1. The van der Waals surface area contributed by atoms with Crippen LogP contribution in [0.15, 0.2) is 6.07 Å². The zero-order chi connectivity index (χ0) is 15.9. The molecule has 21 heavy (non-hydrogen) atoms. The molecule has 0 saturated carbocycles. The highest BCUT2D eigenvalue weighted by molar-refractivity contribution is 5.93. The van der Waals surface area contributed by atoms with E-state index < -0.39 is 11.9 Å². The smallest absolute Gasteiger partial charge is 0.308 e. The molecule has 2 rings (SSSR count). The maximum Gasteiger partial charge on any atom is 0.308 e. The van der Waals surface area contributed by atoms with E-state index in [4.69, 9.17) is 5.11 Å². The van der Waals surface area contributed by atoms with Crippen LogP contribution in [0.3, 0.4) is 0 Å². The minimum absolute atomic E-state index is 0.0261. The Morgan fingerprint density at radius 1 is 1.33 bits per heavy atom. The van der Waals surface area contributed by atoms with Crippen molar-refractivity contribution in [1.82, 2.24) is 14.7 Å². The highest BCUT2D eigenvalue weighted by Gasteiger charge is 2.38. The maximum atomic E-state index is 12.6. The predicted octanol–water partition coefficient (Wildman–Crippen LogP) is 1.51. The summed E-state index contributed by atoms with van der Waals surface area (Å²) in [6.45, 7) is 8.75. The van der Waals surface area contributed by atoms with Crippen molar-refractivity contribution in [3.05, 3.63) is 17.5 Å². The van der Waals surface area contributed by atoms with Crippen LogP contribution in [0, 0.1) is 11.8 Å². The van der Waals surface area contributed by atoms with Gasteiger partial charge in [0.25, 0.3) is 5.91 Å². The number of carbonyl (C=O) groups is 2. The van der Waals surface area contributed by atoms with E-state index in [1.165, 1.54) is 0 Å². The highest BCUT2D eigenvalue weighted by Crippen LogP contribution is 2.26. The first-order valence-corrected chi connectivity index (χ1v) is 7.18. The van der Waals surface area contributed by atoms with Crippen molar-refractivity contribution in [2.45, 2.75) is 33.1 Å². The summed E-state index contributed by atoms with van der Waals surface area (Å²) in [5.41, 5.74) is 1.24. The van der Waals surface area contributed by atoms with Crippen LogP contribution in [0.4, 0.5) is 0 Å². The number of nitrogens with zero attached hydrogens (tertiary/aromatic N) is 3. The van der Waals surface area contributed by atoms with E-state index in [-0.39, 0.29) is 23.8 Å². The molecule has 1 saturated heterocycles. The largest absolute Gasteiger partial charge is 0.481 e. The molecular formula is C15H23N3O3. The van der Waals surface area contributed by atoms with Crippen molar-refractivity contribution in [2.75, 3.05) is 13.1 Å². The molecule has 6 nitrogen and oxygen atoms in total. The van der Waals surface area contributed by atoms with Crippen molar-refractivity contribution < 1.29 is 14.7 Å². The summed E-state index contributed by atoms with van der Waals surface area (Å²) in [5.74, 6) is -1.49. The zero-order valence-corrected chi connectivity index (χ0v) is 13.3. The third-order valence-corrected chi connectivity index (χ3v) is 4.08. The lowest BCUT2D eigenvalue weighted by Crippen LogP contribution is -2.31. The molecule has 1 aromatic heterocycles. The summed E-state index contributed by atoms with van der Waals surface area (Å²) in [7, 11) is 1.75. The minimum atomic E-state index is -0.835. The molecule has 0 aromatic carbocycles. The number of hydrogen-bond acceptors (Lipinski definition) is 3. The molecule has 2 heterocycles. The van der Waals surface area contributed by atoms with E-state index in [9.17, 15) is 9.59 Å². The average molecular weight is 293 g/mol. The Labute approximate surface area is 124 Å². The first-order valence-electron chi connectivity index (χ1n) is 7.18. The van der Waals surface area contributed by atoms with Gasteiger partial charge in [0.2, 0.25) is 0 Å². The highest BCUT2D eigenvalue weighted by atomic mass is 16.4. The van der Waals surface area contributed by atoms with E-state index in [0.717, 1.165) is 5.69 Å². The molecule has 1 aromatic rings. The number of amides is 1. The normalized spacial score (nSPS) is 22.6. The van der Waals surface area contributed by atoms with Gasteiger partial charge in [0.05, 0.1) is 11.6 Å². The van der Waals surface area contributed by atoms with E-state index in [0.29, 0.717) is 12.2 Å². The second kappa shape index (κ2) is 5.16. The van der Waals surface area contributed by atoms with E-state index in [1.54, 1.807) is 22.7 Å². The summed E-state index contributed by atoms with van der Waals surface area (Å²) in [5, 5.41) is 13.6. The second-order valence-electron chi connectivity index (χ2n) is 6.92. The molecule has 1 fully saturated rings. The fraction of sp³-hybridized carbons (Fsp3) is 0.667. The molecule has 2 atom stereocenters. The molecule has 1 N–H and O–H groups in total. The third kappa shape index (κ3) is 2.94. The number of carboxylic acid groups (broad SMARTS) is 1. The average Bonchev–Trinajstić information content (AvgIpc) is 2.91. The first kappa shape index (κ1) is 15.5. The Bertz CT molecular complexity index is 571. The minimum Gasteiger partial charge on any atom is -0.481 e. The fourth-order valence-corrected chi connectivity index (χ4v) is 2.65. The second-order valence-corrected chi connectivity index (χ2v) is 6.92. The Morgan fingerprint density at radius 2 is 1.95 bits per heavy atom. The zero-order valence-electron chi connectivity index (χ0n) is 13.3. The van der Waals surface area contributed by atoms with Crippen LogP contribution < -0.4 is 0 Å². The number of hydrogen-bond donors (Lipinski definition) is 1. The van der Waals surface area contributed by atoms with Gasteiger partial charge in [-0.2, -0.15) is 5.10 Å². The van der Waals surface area contributed by atoms with Crippen molar-refractivity contribution in [2.24, 2.45) is 18.9 Å². The Kier molecular flexibility index (Phi) is 3.82. The molecule has 6 heteroatoms. The van der Waals surface area contributed by atoms with Crippen LogP contribution in [0.25, 0.3) is 0 Å². The van der Waals surface area contributed by atoms with Crippen LogP contribution in [0.5, 0.6) is 0 Å². The van der Waals surface area contributed by atoms with Gasteiger partial charge in [-0.1, -0.05) is 27.7 Å². The van der Waals surface area contributed by atoms with Gasteiger partial charge in [-0.3, -0.25) is 14.3 Å². The third-order valence-electron chi connectivity index (χ3n) is 4.08. The van der Waals surface area contributed by atoms with Gasteiger partial charge in [0, 0.05) is 25.6 Å². The first-order chi connectivity index (χ1) is 9.61. The van der Waals surface area contributed by atoms with Gasteiger partial charge in [-0.05, 0) is 12.0 Å². The number of likely N-dealkylation sites (tertiary alicyclic amines) is 1. The van der Waals surface area contributed by atoms with Gasteiger partial charge in [-0.25, -0.2) is 0 Å². The topological polar surface area (TPSA) is 75.4 Å². The quantitative estimate of drug-likeness (QED) is 0.897. The molecule has 0 radical (unpaired) electrons. The maximum absolute atomic E-state index is 12.6. The Balaban J connectivity index is 2.22. The van der Waals surface area contributed by atoms with Crippen LogP contribution >= 0.6 is 0 Å². The number of aliphatic carboxylic acids is 1. The summed E-state index contributed by atoms with van der Waals surface area (Å²) >= 11 is 0. The lowest BCUT2D eigenvalue weighted by atomic mass is 9.92. The van der Waals surface area contributed by atoms with Crippen LogP contribution in [-0.4, -0.2) is 44.8 Å². The molecule has 0 unspecified atom stereocenters. The molecule has 116 valence electrons. The van der Waals surface area contributed by atoms with Crippen LogP contribution in [-0.2, 0) is 17.3 Å². The monoisotopic (exact) mass is 293 g/mol. The standard InChI is InChI=1S/C15H23N3O3/c1-9-7-18(8-10(9)14(20)21)13(19)11-6-12(15(2,3)4)16-17(11)5/h6,9-10H,7-8H2,1-5H3,(H,20,21)/t9-,10-/m1/s1. The predicted molar refractivity (Wildman–Crippen MR) is 78.1 cm³/mol. The number of aryl methyl sites for hydroxylation is 1. The molecular weight excluding hydrogens is 270 g/mol. The van der Waals surface area contributed by atoms with Gasteiger partial charge in [0.15, 0.2) is 0 Å². The van der Waals surface area contributed by atoms with Crippen molar-refractivity contribution in [3.63, 3.8) is 0 Å². The van der Waals surface area contributed by atoms with Crippen molar-refractivity contribution >= 4 is 11.9 Å². The number of carboxylic acids is 1. The van der Waals surface area contributed by atoms with Crippen LogP contribution in [0.2, 0.25) is 0 Å². The summed E-state index contributed by atoms with van der Waals surface area (Å²) in [6.07, 6.45) is 0. The summed E-state index contributed by atoms with van der Waals surface area (Å²) < 4.78 is 1.58. The van der Waals surface area contributed by atoms with Crippen molar-refractivity contribution in [3.8, 4) is 0 Å². The molecule has 1 aliphatic rings. The molecule has 0 spiro atoms. The SMILES string of the molecule is C[C@@H]1CN(C(=O)c2cc(C(C)(C)C)nn2C)C[C@H]1C(=O)O. The summed E-state index contributed by atoms with van der Waals surface area (Å²) in [6, 6.07) is 1.81. The van der Waals surface area contributed by atoms with Gasteiger partial charge < -0.3 is 10.0 Å². The van der Waals surface area contributed by atoms with Crippen LogP contribution in [0.1, 0.15) is 43.9 Å². The summed E-state index contributed by atoms with van der Waals surface area (Å²) in [4.78, 5) is 25.4. The molecule has 0 aliphatic carbocycles. The molecule has 0 bridgehead atoms. The molecule has 1 amide bonds. The van der Waals surface area contributed by atoms with Gasteiger partial charge in [0.1, 0.15) is 5.69 Å². The Morgan fingerprint density at radius 3 is 2.38 bits per heavy atom.